The Morgan fingerprint density at radius 1 is 1.71 bits per heavy atom. The highest BCUT2D eigenvalue weighted by atomic mass is 79.9. The van der Waals surface area contributed by atoms with Gasteiger partial charge in [-0.2, -0.15) is 5.10 Å². The number of hydrogen-bond acceptors (Lipinski definition) is 3. The minimum atomic E-state index is -0.170. The second-order valence-corrected chi connectivity index (χ2v) is 4.04. The Morgan fingerprint density at radius 2 is 2.47 bits per heavy atom. The lowest BCUT2D eigenvalue weighted by molar-refractivity contribution is 0.649. The van der Waals surface area contributed by atoms with Crippen LogP contribution in [0.1, 0.15) is 13.3 Å². The van der Waals surface area contributed by atoms with Gasteiger partial charge >= 0.3 is 0 Å². The molecule has 1 aromatic rings. The first kappa shape index (κ1) is 13.5. The molecule has 0 radical (unpaired) electrons. The maximum absolute atomic E-state index is 11.8. The number of allylic oxidation sites excluding steroid dienone is 1. The van der Waals surface area contributed by atoms with E-state index >= 15 is 0 Å². The van der Waals surface area contributed by atoms with Crippen molar-refractivity contribution >= 4 is 21.6 Å². The number of anilines is 1. The monoisotopic (exact) mass is 295 g/mol. The summed E-state index contributed by atoms with van der Waals surface area (Å²) in [7, 11) is 0. The zero-order valence-electron chi connectivity index (χ0n) is 9.66. The van der Waals surface area contributed by atoms with Crippen LogP contribution in [0, 0.1) is 11.8 Å². The van der Waals surface area contributed by atoms with Crippen molar-refractivity contribution in [2.75, 3.05) is 11.9 Å². The van der Waals surface area contributed by atoms with Crippen LogP contribution in [0.5, 0.6) is 0 Å². The molecule has 0 aromatic carbocycles. The van der Waals surface area contributed by atoms with Gasteiger partial charge in [0.1, 0.15) is 4.47 Å². The Labute approximate surface area is 109 Å². The minimum Gasteiger partial charge on any atom is -0.382 e. The summed E-state index contributed by atoms with van der Waals surface area (Å²) >= 11 is 3.26. The van der Waals surface area contributed by atoms with E-state index in [9.17, 15) is 4.79 Å². The van der Waals surface area contributed by atoms with Gasteiger partial charge < -0.3 is 5.32 Å². The highest BCUT2D eigenvalue weighted by Gasteiger charge is 2.06. The van der Waals surface area contributed by atoms with Crippen LogP contribution in [0.2, 0.25) is 0 Å². The Bertz CT molecular complexity index is 511. The standard InChI is InChI=1S/C12H14BrN3O/c1-3-5-6-7-14-10-9-15-16(8-4-2)12(17)11(10)13/h4,9,14H,2,6-8H2,1H3. The molecule has 0 unspecified atom stereocenters. The fraction of sp³-hybridized carbons (Fsp3) is 0.333. The lowest BCUT2D eigenvalue weighted by atomic mass is 10.4. The molecule has 0 bridgehead atoms. The second-order valence-electron chi connectivity index (χ2n) is 3.25. The number of rotatable bonds is 5. The van der Waals surface area contributed by atoms with Crippen molar-refractivity contribution in [1.82, 2.24) is 9.78 Å². The van der Waals surface area contributed by atoms with Crippen LogP contribution in [0.3, 0.4) is 0 Å². The molecular weight excluding hydrogens is 282 g/mol. The normalized spacial score (nSPS) is 9.29. The van der Waals surface area contributed by atoms with Crippen molar-refractivity contribution in [2.45, 2.75) is 19.9 Å². The summed E-state index contributed by atoms with van der Waals surface area (Å²) in [5.41, 5.74) is 0.518. The van der Waals surface area contributed by atoms with E-state index in [2.05, 4.69) is 44.8 Å². The molecule has 1 heterocycles. The Kier molecular flexibility index (Phi) is 5.50. The van der Waals surface area contributed by atoms with E-state index in [1.54, 1.807) is 19.2 Å². The first-order valence-electron chi connectivity index (χ1n) is 5.20. The summed E-state index contributed by atoms with van der Waals surface area (Å²) in [5.74, 6) is 5.75. The molecule has 1 aromatic heterocycles. The lowest BCUT2D eigenvalue weighted by Gasteiger charge is -2.08. The molecule has 0 fully saturated rings. The van der Waals surface area contributed by atoms with Gasteiger partial charge in [0.2, 0.25) is 0 Å². The van der Waals surface area contributed by atoms with Gasteiger partial charge in [0.15, 0.2) is 0 Å². The molecule has 5 heteroatoms. The zero-order chi connectivity index (χ0) is 12.7. The number of halogens is 1. The van der Waals surface area contributed by atoms with E-state index in [4.69, 9.17) is 0 Å². The van der Waals surface area contributed by atoms with Gasteiger partial charge in [-0.05, 0) is 22.9 Å². The highest BCUT2D eigenvalue weighted by molar-refractivity contribution is 9.10. The molecule has 4 nitrogen and oxygen atoms in total. The molecule has 17 heavy (non-hydrogen) atoms. The molecule has 0 atom stereocenters. The Hall–Kier alpha value is -1.54. The molecule has 0 saturated carbocycles. The Balaban J connectivity index is 2.80. The third-order valence-electron chi connectivity index (χ3n) is 2.03. The number of hydrogen-bond donors (Lipinski definition) is 1. The smallest absolute Gasteiger partial charge is 0.283 e. The highest BCUT2D eigenvalue weighted by Crippen LogP contribution is 2.15. The molecule has 0 aliphatic heterocycles. The number of nitrogens with one attached hydrogen (secondary N) is 1. The van der Waals surface area contributed by atoms with Crippen molar-refractivity contribution < 1.29 is 0 Å². The Morgan fingerprint density at radius 3 is 3.12 bits per heavy atom. The third kappa shape index (κ3) is 3.75. The van der Waals surface area contributed by atoms with Crippen molar-refractivity contribution in [1.29, 1.82) is 0 Å². The molecule has 1 N–H and O–H groups in total. The van der Waals surface area contributed by atoms with E-state index in [0.29, 0.717) is 23.2 Å². The van der Waals surface area contributed by atoms with Gasteiger partial charge in [0.05, 0.1) is 18.4 Å². The average molecular weight is 296 g/mol. The minimum absolute atomic E-state index is 0.170. The van der Waals surface area contributed by atoms with Crippen LogP contribution in [-0.2, 0) is 6.54 Å². The lowest BCUT2D eigenvalue weighted by Crippen LogP contribution is -2.24. The average Bonchev–Trinajstić information content (AvgIpc) is 2.33. The summed E-state index contributed by atoms with van der Waals surface area (Å²) in [6.07, 6.45) is 3.98. The SMILES string of the molecule is C=CCn1ncc(NCCC#CC)c(Br)c1=O. The van der Waals surface area contributed by atoms with Crippen LogP contribution in [0.4, 0.5) is 5.69 Å². The van der Waals surface area contributed by atoms with E-state index < -0.39 is 0 Å². The fourth-order valence-electron chi connectivity index (χ4n) is 1.23. The van der Waals surface area contributed by atoms with Crippen molar-refractivity contribution in [3.8, 4) is 11.8 Å². The van der Waals surface area contributed by atoms with Gasteiger partial charge in [-0.3, -0.25) is 4.79 Å². The number of aromatic nitrogens is 2. The molecule has 0 saturated heterocycles. The van der Waals surface area contributed by atoms with Crippen LogP contribution >= 0.6 is 15.9 Å². The summed E-state index contributed by atoms with van der Waals surface area (Å²) < 4.78 is 1.83. The molecule has 0 spiro atoms. The van der Waals surface area contributed by atoms with Crippen LogP contribution < -0.4 is 10.9 Å². The van der Waals surface area contributed by atoms with Gasteiger partial charge in [0.25, 0.3) is 5.56 Å². The van der Waals surface area contributed by atoms with Crippen molar-refractivity contribution in [3.05, 3.63) is 33.7 Å². The second kappa shape index (κ2) is 6.92. The largest absolute Gasteiger partial charge is 0.382 e. The summed E-state index contributed by atoms with van der Waals surface area (Å²) in [4.78, 5) is 11.8. The quantitative estimate of drug-likeness (QED) is 0.514. The number of nitrogens with zero attached hydrogens (tertiary/aromatic N) is 2. The first-order chi connectivity index (χ1) is 8.20. The van der Waals surface area contributed by atoms with E-state index in [1.807, 2.05) is 0 Å². The van der Waals surface area contributed by atoms with Crippen molar-refractivity contribution in [3.63, 3.8) is 0 Å². The maximum atomic E-state index is 11.8. The predicted molar refractivity (Wildman–Crippen MR) is 73.0 cm³/mol. The summed E-state index contributed by atoms with van der Waals surface area (Å²) in [5, 5.41) is 7.14. The van der Waals surface area contributed by atoms with E-state index in [-0.39, 0.29) is 5.56 Å². The van der Waals surface area contributed by atoms with Gasteiger partial charge in [-0.1, -0.05) is 6.08 Å². The van der Waals surface area contributed by atoms with E-state index in [0.717, 1.165) is 6.42 Å². The zero-order valence-corrected chi connectivity index (χ0v) is 11.2. The summed E-state index contributed by atoms with van der Waals surface area (Å²) in [6.45, 7) is 6.46. The van der Waals surface area contributed by atoms with Crippen molar-refractivity contribution in [2.24, 2.45) is 0 Å². The summed E-state index contributed by atoms with van der Waals surface area (Å²) in [6, 6.07) is 0. The molecule has 90 valence electrons. The van der Waals surface area contributed by atoms with Gasteiger partial charge in [-0.15, -0.1) is 18.4 Å². The third-order valence-corrected chi connectivity index (χ3v) is 2.80. The van der Waals surface area contributed by atoms with Gasteiger partial charge in [-0.25, -0.2) is 4.68 Å². The van der Waals surface area contributed by atoms with Crippen LogP contribution in [0.25, 0.3) is 0 Å². The van der Waals surface area contributed by atoms with E-state index in [1.165, 1.54) is 4.68 Å². The fourth-order valence-corrected chi connectivity index (χ4v) is 1.67. The molecule has 0 aliphatic carbocycles. The first-order valence-corrected chi connectivity index (χ1v) is 6.00. The molecule has 0 aliphatic rings. The topological polar surface area (TPSA) is 46.9 Å². The predicted octanol–water partition coefficient (Wildman–Crippen LogP) is 2.02. The molecule has 1 rings (SSSR count). The van der Waals surface area contributed by atoms with Crippen LogP contribution in [-0.4, -0.2) is 16.3 Å². The maximum Gasteiger partial charge on any atom is 0.283 e. The van der Waals surface area contributed by atoms with Crippen LogP contribution in [0.15, 0.2) is 28.1 Å². The molecule has 0 amide bonds. The molecular formula is C12H14BrN3O. The van der Waals surface area contributed by atoms with Gasteiger partial charge in [0, 0.05) is 13.0 Å².